The smallest absolute Gasteiger partial charge is 0.239 e. The van der Waals surface area contributed by atoms with Crippen molar-refractivity contribution < 1.29 is 42.5 Å². The zero-order valence-electron chi connectivity index (χ0n) is 70.1. The Kier molecular flexibility index (Phi) is 29.8. The lowest BCUT2D eigenvalue weighted by atomic mass is 9.85. The fourth-order valence-corrected chi connectivity index (χ4v) is 17.8. The van der Waals surface area contributed by atoms with Crippen molar-refractivity contribution in [2.24, 2.45) is 17.2 Å². The first kappa shape index (κ1) is 89.1. The summed E-state index contributed by atoms with van der Waals surface area (Å²) in [7, 11) is 0. The molecule has 640 valence electrons. The molecular formula is C91H113Cl4FN16O8. The van der Waals surface area contributed by atoms with Crippen molar-refractivity contribution in [3.63, 3.8) is 0 Å². The number of piperazine rings is 4. The fourth-order valence-electron chi connectivity index (χ4n) is 17.3. The van der Waals surface area contributed by atoms with Crippen molar-refractivity contribution in [2.45, 2.75) is 174 Å². The molecule has 0 saturated carbocycles. The van der Waals surface area contributed by atoms with Crippen LogP contribution in [0.3, 0.4) is 0 Å². The number of pyridine rings is 4. The van der Waals surface area contributed by atoms with Crippen LogP contribution in [0.5, 0.6) is 0 Å². The van der Waals surface area contributed by atoms with Gasteiger partial charge in [-0.05, 0) is 163 Å². The topological polar surface area (TPSA) is 273 Å². The second-order valence-corrected chi connectivity index (χ2v) is 35.0. The monoisotopic (exact) mass is 1720 g/mol. The van der Waals surface area contributed by atoms with Gasteiger partial charge in [-0.25, -0.2) is 4.39 Å². The van der Waals surface area contributed by atoms with E-state index >= 15 is 0 Å². The molecule has 8 aliphatic heterocycles. The van der Waals surface area contributed by atoms with Gasteiger partial charge in [0, 0.05) is 207 Å². The van der Waals surface area contributed by atoms with E-state index in [4.69, 9.17) is 82.6 Å². The number of fused-ring (bicyclic) bond motifs is 4. The lowest BCUT2D eigenvalue weighted by molar-refractivity contribution is -0.134. The van der Waals surface area contributed by atoms with Crippen molar-refractivity contribution in [3.8, 4) is 0 Å². The average Bonchev–Trinajstić information content (AvgIpc) is 1.01. The van der Waals surface area contributed by atoms with E-state index in [0.717, 1.165) is 83.4 Å². The lowest BCUT2D eigenvalue weighted by Crippen LogP contribution is -2.57. The Bertz CT molecular complexity index is 4860. The molecule has 0 spiro atoms. The number of halogens is 5. The molecular weight excluding hydrogens is 1610 g/mol. The molecule has 4 saturated heterocycles. The zero-order valence-corrected chi connectivity index (χ0v) is 73.1. The van der Waals surface area contributed by atoms with Gasteiger partial charge in [-0.3, -0.25) is 39.1 Å². The van der Waals surface area contributed by atoms with Crippen molar-refractivity contribution in [1.29, 1.82) is 0 Å². The minimum absolute atomic E-state index is 0.00288. The van der Waals surface area contributed by atoms with Crippen LogP contribution >= 0.6 is 46.4 Å². The number of aromatic nitrogens is 4. The van der Waals surface area contributed by atoms with E-state index in [1.165, 1.54) is 45.9 Å². The van der Waals surface area contributed by atoms with E-state index in [9.17, 15) is 23.6 Å². The molecule has 16 rings (SSSR count). The van der Waals surface area contributed by atoms with E-state index in [-0.39, 0.29) is 65.0 Å². The number of carbonyl (C=O) groups is 4. The highest BCUT2D eigenvalue weighted by Gasteiger charge is 2.39. The summed E-state index contributed by atoms with van der Waals surface area (Å²) in [5, 5.41) is 5.53. The molecule has 29 heteroatoms. The van der Waals surface area contributed by atoms with Crippen LogP contribution in [-0.4, -0.2) is 198 Å². The third-order valence-electron chi connectivity index (χ3n) is 23.8. The summed E-state index contributed by atoms with van der Waals surface area (Å²) in [5.74, 6) is -1.11. The van der Waals surface area contributed by atoms with Gasteiger partial charge in [0.15, 0.2) is 0 Å². The molecule has 12 heterocycles. The number of carbonyl (C=O) groups excluding carboxylic acids is 4. The van der Waals surface area contributed by atoms with Crippen LogP contribution in [0.1, 0.15) is 172 Å². The standard InChI is InChI=1S/C24H30ClFN4O2.C24H31ClN4O2.C22H27ClN4O2.C21H25ClN4O2/c1-15-22-20(14-32-15)28-7-6-21(22)29-8-10-30(11-9-29)23(31)17(13-24(2,3)27)16-4-5-18(25)19(26)12-16;1-16(2)27-14-20(18-4-6-19(25)7-5-18)24(30)29-12-10-28(11-13-29)22-8-9-26-21-15-31-17(3)23(21)22;1-14-12-26(22(28)18(24)11-16-3-5-17(23)6-4-16)9-10-27(14)20-7-8-25-19-13-29-15(2)21(19)20;1-14-20-18(13-28-14)24-7-6-19(20)25-8-10-26(11-9-25)21(27)17(23)12-15-2-4-16(22)5-3-15/h4-7,12,15,17H,8-11,13-14,27H2,1-3H3;4-9,16-17,20,27H,10-15H2,1-3H3;3-8,14-15,18H,9-13,24H2,1-2H3;2-7,14,17H,8-13,23H2,1H3/t;;14-,15?,18+;14?,17-/m..00/s1. The van der Waals surface area contributed by atoms with E-state index in [2.05, 4.69) is 98.5 Å². The first-order valence-electron chi connectivity index (χ1n) is 41.8. The summed E-state index contributed by atoms with van der Waals surface area (Å²) in [5.41, 5.74) is 35.2. The van der Waals surface area contributed by atoms with E-state index < -0.39 is 29.4 Å². The van der Waals surface area contributed by atoms with E-state index in [1.54, 1.807) is 6.07 Å². The number of hydrogen-bond donors (Lipinski definition) is 4. The minimum Gasteiger partial charge on any atom is -0.368 e. The Balaban J connectivity index is 0.000000138. The third-order valence-corrected chi connectivity index (χ3v) is 24.9. The molecule has 0 aliphatic carbocycles. The lowest BCUT2D eigenvalue weighted by Gasteiger charge is -2.42. The van der Waals surface area contributed by atoms with Crippen LogP contribution in [0.2, 0.25) is 20.1 Å². The summed E-state index contributed by atoms with van der Waals surface area (Å²) in [6.45, 7) is 31.8. The van der Waals surface area contributed by atoms with Crippen LogP contribution in [0.4, 0.5) is 27.1 Å². The summed E-state index contributed by atoms with van der Waals surface area (Å²) >= 11 is 23.8. The number of benzene rings is 4. The van der Waals surface area contributed by atoms with Gasteiger partial charge in [-0.2, -0.15) is 0 Å². The fraction of sp³-hybridized carbons (Fsp3) is 0.473. The maximum absolute atomic E-state index is 14.1. The normalized spacial score (nSPS) is 20.5. The van der Waals surface area contributed by atoms with Gasteiger partial charge in [-0.1, -0.05) is 103 Å². The molecule has 0 bridgehead atoms. The number of rotatable bonds is 19. The van der Waals surface area contributed by atoms with Crippen LogP contribution in [0.15, 0.2) is 140 Å². The predicted molar refractivity (Wildman–Crippen MR) is 470 cm³/mol. The molecule has 120 heavy (non-hydrogen) atoms. The van der Waals surface area contributed by atoms with Crippen molar-refractivity contribution >= 4 is 92.8 Å². The van der Waals surface area contributed by atoms with Crippen molar-refractivity contribution in [1.82, 2.24) is 44.9 Å². The Morgan fingerprint density at radius 2 is 0.800 bits per heavy atom. The Morgan fingerprint density at radius 3 is 1.18 bits per heavy atom. The number of nitrogens with one attached hydrogen (secondary N) is 1. The van der Waals surface area contributed by atoms with Gasteiger partial charge in [0.05, 0.1) is 103 Å². The van der Waals surface area contributed by atoms with Gasteiger partial charge in [0.1, 0.15) is 5.82 Å². The summed E-state index contributed by atoms with van der Waals surface area (Å²) in [4.78, 5) is 87.5. The SMILES string of the molecule is CC(C)NCC(C(=O)N1CCN(c2ccnc3c2C(C)OC3)CC1)c1ccc(Cl)cc1.CC1OCc2nccc(N3CCN(C(=O)C(CC(C)(C)N)c4ccc(Cl)c(F)c4)CC3)c21.CC1OCc2nccc(N3CCN(C(=O)[C@@H](N)Cc4ccc(Cl)cc4)CC3)c21.CC1OCc2nccc(N3CCN(C(=O)[C@H](N)Cc4ccc(Cl)cc4)C[C@@H]3C)c21. The van der Waals surface area contributed by atoms with Crippen molar-refractivity contribution in [2.75, 3.05) is 124 Å². The zero-order chi connectivity index (χ0) is 85.2. The molecule has 7 N–H and O–H groups in total. The maximum atomic E-state index is 14.1. The average molecular weight is 1720 g/mol. The molecule has 4 fully saturated rings. The third kappa shape index (κ3) is 21.7. The number of amides is 4. The molecule has 8 aliphatic rings. The number of nitrogens with two attached hydrogens (primary N) is 3. The molecule has 8 aromatic rings. The van der Waals surface area contributed by atoms with E-state index in [0.29, 0.717) is 144 Å². The minimum atomic E-state index is -0.577. The quantitative estimate of drug-likeness (QED) is 0.0586. The molecule has 4 aromatic carbocycles. The highest BCUT2D eigenvalue weighted by molar-refractivity contribution is 6.31. The predicted octanol–water partition coefficient (Wildman–Crippen LogP) is 13.3. The van der Waals surface area contributed by atoms with Crippen LogP contribution in [0.25, 0.3) is 0 Å². The largest absolute Gasteiger partial charge is 0.368 e. The van der Waals surface area contributed by atoms with Gasteiger partial charge in [-0.15, -0.1) is 0 Å². The second kappa shape index (κ2) is 40.1. The number of nitrogens with zero attached hydrogens (tertiary/aromatic N) is 12. The van der Waals surface area contributed by atoms with Crippen molar-refractivity contribution in [3.05, 3.63) is 233 Å². The Morgan fingerprint density at radius 1 is 0.458 bits per heavy atom. The Labute approximate surface area is 724 Å². The summed E-state index contributed by atoms with van der Waals surface area (Å²) < 4.78 is 37.2. The number of hydrogen-bond acceptors (Lipinski definition) is 20. The molecule has 24 nitrogen and oxygen atoms in total. The first-order valence-corrected chi connectivity index (χ1v) is 43.3. The molecule has 4 aromatic heterocycles. The van der Waals surface area contributed by atoms with Crippen LogP contribution in [0, 0.1) is 5.82 Å². The molecule has 0 radical (unpaired) electrons. The molecule has 4 amide bonds. The number of anilines is 4. The Hall–Kier alpha value is -8.67. The number of ether oxygens (including phenoxy) is 4. The maximum Gasteiger partial charge on any atom is 0.239 e. The van der Waals surface area contributed by atoms with Gasteiger partial charge >= 0.3 is 0 Å². The van der Waals surface area contributed by atoms with Crippen LogP contribution in [-0.2, 0) is 77.4 Å². The highest BCUT2D eigenvalue weighted by atomic mass is 35.5. The second-order valence-electron chi connectivity index (χ2n) is 33.3. The van der Waals surface area contributed by atoms with Gasteiger partial charge in [0.25, 0.3) is 0 Å². The van der Waals surface area contributed by atoms with Gasteiger partial charge in [0.2, 0.25) is 23.6 Å². The van der Waals surface area contributed by atoms with Gasteiger partial charge < -0.3 is 80.7 Å². The van der Waals surface area contributed by atoms with E-state index in [1.807, 2.05) is 150 Å². The van der Waals surface area contributed by atoms with Crippen LogP contribution < -0.4 is 42.1 Å². The summed E-state index contributed by atoms with van der Waals surface area (Å²) in [6.07, 6.45) is 9.01. The summed E-state index contributed by atoms with van der Waals surface area (Å²) in [6, 6.07) is 34.8. The molecule has 6 unspecified atom stereocenters. The highest BCUT2D eigenvalue weighted by Crippen LogP contribution is 2.42. The first-order chi connectivity index (χ1) is 57.5. The molecule has 9 atom stereocenters.